The van der Waals surface area contributed by atoms with Gasteiger partial charge < -0.3 is 29.7 Å². The Balaban J connectivity index is 1.26. The minimum Gasteiger partial charge on any atom is -0.508 e. The first-order valence-electron chi connectivity index (χ1n) is 16.7. The molecule has 4 heterocycles. The van der Waals surface area contributed by atoms with E-state index in [0.717, 1.165) is 65.0 Å². The standard InChI is InChI=1S/C37H36F2N6O3/c1-2-27-30(38)7-4-22-14-26(46)16-28(31(22)27)32-23(17-40)15-29-34(33(32)39)42-36(43-35(29)45-18-24-5-6-25(19-45)41-24)48-21-37(8-9-37)20-44-10-3-12-47-13-11-44/h1,4,7,14-16,24-25,41,46H,3,5-6,8-13,18-21H2. The first-order chi connectivity index (χ1) is 23.3. The van der Waals surface area contributed by atoms with Crippen LogP contribution < -0.4 is 15.0 Å². The molecular weight excluding hydrogens is 614 g/mol. The average molecular weight is 651 g/mol. The molecule has 4 aliphatic rings. The maximum atomic E-state index is 17.2. The molecule has 0 amide bonds. The molecule has 0 radical (unpaired) electrons. The van der Waals surface area contributed by atoms with Gasteiger partial charge in [-0.05, 0) is 67.3 Å². The van der Waals surface area contributed by atoms with E-state index in [1.54, 1.807) is 6.07 Å². The lowest BCUT2D eigenvalue weighted by molar-refractivity contribution is 0.127. The van der Waals surface area contributed by atoms with Crippen LogP contribution in [0.4, 0.5) is 14.6 Å². The summed E-state index contributed by atoms with van der Waals surface area (Å²) in [5.74, 6) is 1.26. The second-order valence-corrected chi connectivity index (χ2v) is 13.7. The van der Waals surface area contributed by atoms with Crippen LogP contribution in [0.3, 0.4) is 0 Å². The zero-order valence-electron chi connectivity index (χ0n) is 26.6. The van der Waals surface area contributed by atoms with Crippen molar-refractivity contribution in [1.82, 2.24) is 20.2 Å². The quantitative estimate of drug-likeness (QED) is 0.264. The molecule has 2 bridgehead atoms. The van der Waals surface area contributed by atoms with Gasteiger partial charge in [0.05, 0.1) is 30.4 Å². The highest BCUT2D eigenvalue weighted by atomic mass is 19.1. The first kappa shape index (κ1) is 30.8. The second-order valence-electron chi connectivity index (χ2n) is 13.7. The number of nitrogens with one attached hydrogen (secondary N) is 1. The summed E-state index contributed by atoms with van der Waals surface area (Å²) in [6, 6.07) is 9.77. The minimum absolute atomic E-state index is 0.00544. The fourth-order valence-electron chi connectivity index (χ4n) is 7.75. The number of nitriles is 1. The molecule has 9 nitrogen and oxygen atoms in total. The van der Waals surface area contributed by atoms with Gasteiger partial charge in [0.1, 0.15) is 22.9 Å². The molecule has 3 saturated heterocycles. The summed E-state index contributed by atoms with van der Waals surface area (Å²) >= 11 is 0. The highest BCUT2D eigenvalue weighted by molar-refractivity contribution is 6.05. The van der Waals surface area contributed by atoms with E-state index in [2.05, 4.69) is 32.1 Å². The van der Waals surface area contributed by atoms with Crippen LogP contribution in [0.25, 0.3) is 32.8 Å². The van der Waals surface area contributed by atoms with E-state index in [9.17, 15) is 14.8 Å². The number of rotatable bonds is 7. The molecule has 2 unspecified atom stereocenters. The maximum absolute atomic E-state index is 17.2. The van der Waals surface area contributed by atoms with Crippen LogP contribution in [-0.2, 0) is 4.74 Å². The summed E-state index contributed by atoms with van der Waals surface area (Å²) in [7, 11) is 0. The van der Waals surface area contributed by atoms with E-state index in [1.807, 2.05) is 0 Å². The van der Waals surface area contributed by atoms with Crippen molar-refractivity contribution in [2.24, 2.45) is 5.41 Å². The van der Waals surface area contributed by atoms with Crippen LogP contribution in [-0.4, -0.2) is 84.6 Å². The van der Waals surface area contributed by atoms with Gasteiger partial charge in [-0.25, -0.2) is 8.78 Å². The molecular formula is C37H36F2N6O3. The fourth-order valence-corrected chi connectivity index (χ4v) is 7.75. The molecule has 8 rings (SSSR count). The molecule has 1 aromatic heterocycles. The number of phenolic OH excluding ortho intramolecular Hbond substituents is 1. The number of fused-ring (bicyclic) bond motifs is 4. The number of aromatic nitrogens is 2. The zero-order valence-corrected chi connectivity index (χ0v) is 26.6. The summed E-state index contributed by atoms with van der Waals surface area (Å²) in [5, 5.41) is 25.7. The Bertz CT molecular complexity index is 2000. The number of benzene rings is 3. The van der Waals surface area contributed by atoms with Gasteiger partial charge in [0.15, 0.2) is 5.82 Å². The van der Waals surface area contributed by atoms with Gasteiger partial charge in [0.25, 0.3) is 0 Å². The number of terminal acetylenes is 1. The molecule has 1 aliphatic carbocycles. The smallest absolute Gasteiger partial charge is 0.319 e. The molecule has 11 heteroatoms. The molecule has 3 aliphatic heterocycles. The molecule has 246 valence electrons. The summed E-state index contributed by atoms with van der Waals surface area (Å²) in [5.41, 5.74) is -0.142. The third-order valence-electron chi connectivity index (χ3n) is 10.3. The number of piperazine rings is 1. The van der Waals surface area contributed by atoms with Crippen molar-refractivity contribution in [2.75, 3.05) is 57.4 Å². The maximum Gasteiger partial charge on any atom is 0.319 e. The third kappa shape index (κ3) is 5.56. The van der Waals surface area contributed by atoms with Gasteiger partial charge in [-0.2, -0.15) is 15.2 Å². The Kier molecular flexibility index (Phi) is 7.79. The van der Waals surface area contributed by atoms with Crippen molar-refractivity contribution in [2.45, 2.75) is 44.2 Å². The number of halogens is 2. The van der Waals surface area contributed by atoms with E-state index in [-0.39, 0.29) is 62.4 Å². The number of phenols is 1. The monoisotopic (exact) mass is 650 g/mol. The van der Waals surface area contributed by atoms with E-state index >= 15 is 4.39 Å². The topological polar surface area (TPSA) is 107 Å². The Morgan fingerprint density at radius 3 is 2.67 bits per heavy atom. The van der Waals surface area contributed by atoms with Gasteiger partial charge in [-0.15, -0.1) is 6.42 Å². The van der Waals surface area contributed by atoms with Crippen molar-refractivity contribution in [3.8, 4) is 41.3 Å². The summed E-state index contributed by atoms with van der Waals surface area (Å²) < 4.78 is 44.1. The normalized spacial score (nSPS) is 22.0. The average Bonchev–Trinajstić information content (AvgIpc) is 3.84. The van der Waals surface area contributed by atoms with Crippen molar-refractivity contribution < 1.29 is 23.4 Å². The molecule has 4 aromatic rings. The summed E-state index contributed by atoms with van der Waals surface area (Å²) in [6.07, 6.45) is 10.8. The molecule has 0 spiro atoms. The van der Waals surface area contributed by atoms with E-state index in [1.165, 1.54) is 24.3 Å². The fraction of sp³-hybridized carbons (Fsp3) is 0.432. The number of ether oxygens (including phenoxy) is 2. The molecule has 3 aromatic carbocycles. The van der Waals surface area contributed by atoms with Crippen molar-refractivity contribution in [1.29, 1.82) is 5.26 Å². The molecule has 2 atom stereocenters. The van der Waals surface area contributed by atoms with Gasteiger partial charge in [0.2, 0.25) is 0 Å². The summed E-state index contributed by atoms with van der Waals surface area (Å²) in [6.45, 7) is 6.00. The van der Waals surface area contributed by atoms with Crippen LogP contribution in [0.2, 0.25) is 0 Å². The SMILES string of the molecule is C#Cc1c(F)ccc2cc(O)cc(-c3c(C#N)cc4c(N5CC6CCC(C5)N6)nc(OCC5(CN6CCCOCC6)CC5)nc4c3F)c12. The van der Waals surface area contributed by atoms with E-state index < -0.39 is 11.6 Å². The highest BCUT2D eigenvalue weighted by Crippen LogP contribution is 2.47. The zero-order chi connectivity index (χ0) is 33.0. The first-order valence-corrected chi connectivity index (χ1v) is 16.7. The minimum atomic E-state index is -0.791. The molecule has 4 fully saturated rings. The number of nitrogens with zero attached hydrogens (tertiary/aromatic N) is 5. The Hall–Kier alpha value is -4.55. The van der Waals surface area contributed by atoms with Crippen LogP contribution in [0.15, 0.2) is 30.3 Å². The van der Waals surface area contributed by atoms with Crippen LogP contribution in [0.5, 0.6) is 11.8 Å². The van der Waals surface area contributed by atoms with Crippen molar-refractivity contribution in [3.05, 3.63) is 53.1 Å². The van der Waals surface area contributed by atoms with Gasteiger partial charge in [-0.3, -0.25) is 0 Å². The van der Waals surface area contributed by atoms with Crippen molar-refractivity contribution >= 4 is 27.5 Å². The Morgan fingerprint density at radius 2 is 1.92 bits per heavy atom. The Labute approximate surface area is 277 Å². The Morgan fingerprint density at radius 1 is 1.10 bits per heavy atom. The van der Waals surface area contributed by atoms with Crippen LogP contribution >= 0.6 is 0 Å². The predicted octanol–water partition coefficient (Wildman–Crippen LogP) is 5.11. The largest absolute Gasteiger partial charge is 0.508 e. The number of hydrogen-bond acceptors (Lipinski definition) is 9. The third-order valence-corrected chi connectivity index (χ3v) is 10.3. The lowest BCUT2D eigenvalue weighted by atomic mass is 9.90. The number of aromatic hydroxyl groups is 1. The van der Waals surface area contributed by atoms with Crippen LogP contribution in [0, 0.1) is 40.7 Å². The highest BCUT2D eigenvalue weighted by Gasteiger charge is 2.45. The summed E-state index contributed by atoms with van der Waals surface area (Å²) in [4.78, 5) is 14.1. The van der Waals surface area contributed by atoms with Gasteiger partial charge in [-0.1, -0.05) is 12.0 Å². The number of anilines is 1. The van der Waals surface area contributed by atoms with Crippen molar-refractivity contribution in [3.63, 3.8) is 0 Å². The van der Waals surface area contributed by atoms with Gasteiger partial charge >= 0.3 is 6.01 Å². The van der Waals surface area contributed by atoms with Crippen LogP contribution in [0.1, 0.15) is 43.2 Å². The van der Waals surface area contributed by atoms with Gasteiger partial charge in [0, 0.05) is 73.2 Å². The lowest BCUT2D eigenvalue weighted by Gasteiger charge is -2.34. The number of hydrogen-bond donors (Lipinski definition) is 2. The van der Waals surface area contributed by atoms with E-state index in [4.69, 9.17) is 20.9 Å². The second kappa shape index (κ2) is 12.2. The predicted molar refractivity (Wildman–Crippen MR) is 178 cm³/mol. The molecule has 48 heavy (non-hydrogen) atoms. The van der Waals surface area contributed by atoms with E-state index in [0.29, 0.717) is 36.3 Å². The lowest BCUT2D eigenvalue weighted by Crippen LogP contribution is -2.51. The molecule has 2 N–H and O–H groups in total. The molecule has 1 saturated carbocycles.